The molecule has 0 bridgehead atoms. The zero-order valence-electron chi connectivity index (χ0n) is 12.2. The molecule has 3 aromatic rings. The summed E-state index contributed by atoms with van der Waals surface area (Å²) in [5.74, 6) is -0.227. The van der Waals surface area contributed by atoms with Gasteiger partial charge in [-0.3, -0.25) is 0 Å². The van der Waals surface area contributed by atoms with Gasteiger partial charge in [-0.2, -0.15) is 8.78 Å². The first-order valence-electron chi connectivity index (χ1n) is 6.99. The van der Waals surface area contributed by atoms with E-state index in [-0.39, 0.29) is 11.3 Å². The molecule has 6 heteroatoms. The summed E-state index contributed by atoms with van der Waals surface area (Å²) in [4.78, 5) is 12.2. The predicted molar refractivity (Wildman–Crippen MR) is 89.7 cm³/mol. The molecule has 0 N–H and O–H groups in total. The molecular formula is C18H11BrF2O3. The SMILES string of the molecule is O=C(Oc1ccc2ccccc2c1Br)c1ccc(OC(F)F)cc1. The topological polar surface area (TPSA) is 35.5 Å². The van der Waals surface area contributed by atoms with E-state index in [9.17, 15) is 13.6 Å². The zero-order valence-corrected chi connectivity index (χ0v) is 13.8. The fourth-order valence-corrected chi connectivity index (χ4v) is 2.80. The molecule has 0 aliphatic heterocycles. The monoisotopic (exact) mass is 392 g/mol. The van der Waals surface area contributed by atoms with Crippen molar-refractivity contribution in [2.45, 2.75) is 6.61 Å². The molecular weight excluding hydrogens is 382 g/mol. The number of carbonyl (C=O) groups excluding carboxylic acids is 1. The van der Waals surface area contributed by atoms with Gasteiger partial charge in [0.2, 0.25) is 0 Å². The maximum atomic E-state index is 12.2. The van der Waals surface area contributed by atoms with Gasteiger partial charge in [0.1, 0.15) is 11.5 Å². The third kappa shape index (κ3) is 3.54. The number of esters is 1. The van der Waals surface area contributed by atoms with Crippen LogP contribution in [0.3, 0.4) is 0 Å². The zero-order chi connectivity index (χ0) is 17.1. The van der Waals surface area contributed by atoms with E-state index in [2.05, 4.69) is 20.7 Å². The van der Waals surface area contributed by atoms with Crippen molar-refractivity contribution >= 4 is 32.7 Å². The van der Waals surface area contributed by atoms with Crippen LogP contribution in [-0.4, -0.2) is 12.6 Å². The second kappa shape index (κ2) is 6.97. The van der Waals surface area contributed by atoms with Crippen LogP contribution >= 0.6 is 15.9 Å². The third-order valence-corrected chi connectivity index (χ3v) is 4.16. The molecule has 0 fully saturated rings. The summed E-state index contributed by atoms with van der Waals surface area (Å²) in [5.41, 5.74) is 0.233. The number of hydrogen-bond donors (Lipinski definition) is 0. The van der Waals surface area contributed by atoms with Crippen LogP contribution in [0, 0.1) is 0 Å². The van der Waals surface area contributed by atoms with Crippen LogP contribution < -0.4 is 9.47 Å². The average molecular weight is 393 g/mol. The molecule has 122 valence electrons. The van der Waals surface area contributed by atoms with Gasteiger partial charge in [-0.25, -0.2) is 4.79 Å². The lowest BCUT2D eigenvalue weighted by Crippen LogP contribution is -2.09. The summed E-state index contributed by atoms with van der Waals surface area (Å²) in [7, 11) is 0. The number of rotatable bonds is 4. The molecule has 0 radical (unpaired) electrons. The van der Waals surface area contributed by atoms with Crippen LogP contribution in [0.25, 0.3) is 10.8 Å². The number of carbonyl (C=O) groups is 1. The van der Waals surface area contributed by atoms with E-state index in [1.165, 1.54) is 24.3 Å². The van der Waals surface area contributed by atoms with E-state index >= 15 is 0 Å². The predicted octanol–water partition coefficient (Wildman–Crippen LogP) is 5.42. The largest absolute Gasteiger partial charge is 0.435 e. The fraction of sp³-hybridized carbons (Fsp3) is 0.0556. The molecule has 0 heterocycles. The van der Waals surface area contributed by atoms with Crippen molar-refractivity contribution in [1.82, 2.24) is 0 Å². The van der Waals surface area contributed by atoms with Gasteiger partial charge >= 0.3 is 12.6 Å². The maximum absolute atomic E-state index is 12.2. The normalized spacial score (nSPS) is 10.8. The van der Waals surface area contributed by atoms with Crippen molar-refractivity contribution in [1.29, 1.82) is 0 Å². The highest BCUT2D eigenvalue weighted by Gasteiger charge is 2.13. The minimum Gasteiger partial charge on any atom is -0.435 e. The van der Waals surface area contributed by atoms with E-state index in [4.69, 9.17) is 4.74 Å². The van der Waals surface area contributed by atoms with Crippen molar-refractivity contribution < 1.29 is 23.0 Å². The van der Waals surface area contributed by atoms with E-state index < -0.39 is 12.6 Å². The van der Waals surface area contributed by atoms with Gasteiger partial charge in [0, 0.05) is 0 Å². The van der Waals surface area contributed by atoms with Gasteiger partial charge in [0.15, 0.2) is 0 Å². The summed E-state index contributed by atoms with van der Waals surface area (Å²) < 4.78 is 34.5. The Morgan fingerprint density at radius 3 is 2.38 bits per heavy atom. The van der Waals surface area contributed by atoms with Gasteiger partial charge in [-0.15, -0.1) is 0 Å². The van der Waals surface area contributed by atoms with Crippen LogP contribution in [0.2, 0.25) is 0 Å². The molecule has 3 rings (SSSR count). The Bertz CT molecular complexity index is 879. The van der Waals surface area contributed by atoms with Crippen LogP contribution in [0.5, 0.6) is 11.5 Å². The van der Waals surface area contributed by atoms with Crippen LogP contribution in [0.15, 0.2) is 65.1 Å². The first-order valence-corrected chi connectivity index (χ1v) is 7.78. The summed E-state index contributed by atoms with van der Waals surface area (Å²) in [6.07, 6.45) is 0. The molecule has 3 nitrogen and oxygen atoms in total. The number of fused-ring (bicyclic) bond motifs is 1. The Kier molecular flexibility index (Phi) is 4.76. The molecule has 0 saturated carbocycles. The minimum atomic E-state index is -2.91. The number of halogens is 3. The highest BCUT2D eigenvalue weighted by Crippen LogP contribution is 2.33. The molecule has 0 aliphatic carbocycles. The lowest BCUT2D eigenvalue weighted by Gasteiger charge is -2.09. The number of hydrogen-bond acceptors (Lipinski definition) is 3. The molecule has 0 aliphatic rings. The second-order valence-electron chi connectivity index (χ2n) is 4.89. The van der Waals surface area contributed by atoms with Crippen molar-refractivity contribution in [3.63, 3.8) is 0 Å². The highest BCUT2D eigenvalue weighted by molar-refractivity contribution is 9.10. The summed E-state index contributed by atoms with van der Waals surface area (Å²) >= 11 is 3.44. The summed E-state index contributed by atoms with van der Waals surface area (Å²) in [6.45, 7) is -2.91. The lowest BCUT2D eigenvalue weighted by atomic mass is 10.1. The van der Waals surface area contributed by atoms with Gasteiger partial charge in [0.25, 0.3) is 0 Å². The van der Waals surface area contributed by atoms with E-state index in [0.29, 0.717) is 10.2 Å². The highest BCUT2D eigenvalue weighted by atomic mass is 79.9. The van der Waals surface area contributed by atoms with Crippen molar-refractivity contribution in [3.05, 3.63) is 70.7 Å². The van der Waals surface area contributed by atoms with E-state index in [0.717, 1.165) is 10.8 Å². The Morgan fingerprint density at radius 1 is 0.958 bits per heavy atom. The van der Waals surface area contributed by atoms with Crippen molar-refractivity contribution in [2.75, 3.05) is 0 Å². The van der Waals surface area contributed by atoms with Gasteiger partial charge in [-0.1, -0.05) is 30.3 Å². The first kappa shape index (κ1) is 16.4. The van der Waals surface area contributed by atoms with Crippen LogP contribution in [0.4, 0.5) is 8.78 Å². The van der Waals surface area contributed by atoms with Gasteiger partial charge < -0.3 is 9.47 Å². The second-order valence-corrected chi connectivity index (χ2v) is 5.68. The molecule has 0 unspecified atom stereocenters. The summed E-state index contributed by atoms with van der Waals surface area (Å²) in [5, 5.41) is 1.93. The van der Waals surface area contributed by atoms with Gasteiger partial charge in [0.05, 0.1) is 10.0 Å². The smallest absolute Gasteiger partial charge is 0.387 e. The fourth-order valence-electron chi connectivity index (χ4n) is 2.22. The van der Waals surface area contributed by atoms with Crippen LogP contribution in [0.1, 0.15) is 10.4 Å². The van der Waals surface area contributed by atoms with Crippen molar-refractivity contribution in [2.24, 2.45) is 0 Å². The third-order valence-electron chi connectivity index (χ3n) is 3.35. The summed E-state index contributed by atoms with van der Waals surface area (Å²) in [6, 6.07) is 16.5. The van der Waals surface area contributed by atoms with Crippen molar-refractivity contribution in [3.8, 4) is 11.5 Å². The molecule has 0 saturated heterocycles. The molecule has 0 spiro atoms. The molecule has 0 atom stereocenters. The lowest BCUT2D eigenvalue weighted by molar-refractivity contribution is -0.0498. The molecule has 3 aromatic carbocycles. The minimum absolute atomic E-state index is 0.0200. The Balaban J connectivity index is 1.81. The Morgan fingerprint density at radius 2 is 1.67 bits per heavy atom. The molecule has 24 heavy (non-hydrogen) atoms. The number of alkyl halides is 2. The van der Waals surface area contributed by atoms with E-state index in [1.807, 2.05) is 30.3 Å². The Hall–Kier alpha value is -2.47. The van der Waals surface area contributed by atoms with E-state index in [1.54, 1.807) is 6.07 Å². The Labute approximate surface area is 144 Å². The first-order chi connectivity index (χ1) is 11.5. The quantitative estimate of drug-likeness (QED) is 0.439. The standard InChI is InChI=1S/C18H11BrF2O3/c19-16-14-4-2-1-3-11(14)7-10-15(16)24-17(22)12-5-8-13(9-6-12)23-18(20)21/h1-10,18H. The molecule has 0 amide bonds. The van der Waals surface area contributed by atoms with Gasteiger partial charge in [-0.05, 0) is 57.0 Å². The average Bonchev–Trinajstić information content (AvgIpc) is 2.57. The number of ether oxygens (including phenoxy) is 2. The molecule has 0 aromatic heterocycles. The van der Waals surface area contributed by atoms with Crippen LogP contribution in [-0.2, 0) is 0 Å². The maximum Gasteiger partial charge on any atom is 0.387 e. The number of benzene rings is 3.